The van der Waals surface area contributed by atoms with E-state index in [2.05, 4.69) is 36.0 Å². The smallest absolute Gasteiger partial charge is 0.234 e. The lowest BCUT2D eigenvalue weighted by Gasteiger charge is -2.34. The second-order valence-corrected chi connectivity index (χ2v) is 8.01. The Morgan fingerprint density at radius 1 is 1.25 bits per heavy atom. The largest absolute Gasteiger partial charge is 0.374 e. The molecule has 1 saturated heterocycles. The molecule has 1 N–H and O–H groups in total. The van der Waals surface area contributed by atoms with Gasteiger partial charge in [0.05, 0.1) is 19.3 Å². The summed E-state index contributed by atoms with van der Waals surface area (Å²) in [5.74, 6) is 0.804. The highest BCUT2D eigenvalue weighted by molar-refractivity contribution is 5.78. The summed E-state index contributed by atoms with van der Waals surface area (Å²) >= 11 is 0. The summed E-state index contributed by atoms with van der Waals surface area (Å²) in [6.07, 6.45) is 7.91. The zero-order chi connectivity index (χ0) is 17.4. The fourth-order valence-corrected chi connectivity index (χ4v) is 3.92. The molecule has 5 heteroatoms. The van der Waals surface area contributed by atoms with Gasteiger partial charge >= 0.3 is 0 Å². The fourth-order valence-electron chi connectivity index (χ4n) is 3.92. The molecule has 1 unspecified atom stereocenters. The SMILES string of the molecule is CC(C)CN1CCOC(CNC(=O)CN(C)C2CCCCCC2)C1. The number of carbonyl (C=O) groups is 1. The minimum absolute atomic E-state index is 0.129. The van der Waals surface area contributed by atoms with E-state index in [0.717, 1.165) is 26.2 Å². The Labute approximate surface area is 148 Å². The first-order chi connectivity index (χ1) is 11.5. The molecular weight excluding hydrogens is 302 g/mol. The summed E-state index contributed by atoms with van der Waals surface area (Å²) in [5.41, 5.74) is 0. The van der Waals surface area contributed by atoms with E-state index < -0.39 is 0 Å². The van der Waals surface area contributed by atoms with E-state index in [0.29, 0.717) is 25.0 Å². The summed E-state index contributed by atoms with van der Waals surface area (Å²) in [6, 6.07) is 0.575. The maximum absolute atomic E-state index is 12.3. The second kappa shape index (κ2) is 10.4. The molecule has 1 aliphatic carbocycles. The van der Waals surface area contributed by atoms with Crippen LogP contribution >= 0.6 is 0 Å². The number of amides is 1. The summed E-state index contributed by atoms with van der Waals surface area (Å²) in [7, 11) is 2.09. The summed E-state index contributed by atoms with van der Waals surface area (Å²) < 4.78 is 5.81. The monoisotopic (exact) mass is 339 g/mol. The Kier molecular flexibility index (Phi) is 8.50. The van der Waals surface area contributed by atoms with Crippen LogP contribution < -0.4 is 5.32 Å². The van der Waals surface area contributed by atoms with Crippen LogP contribution in [0, 0.1) is 5.92 Å². The van der Waals surface area contributed by atoms with Crippen LogP contribution in [-0.2, 0) is 9.53 Å². The van der Waals surface area contributed by atoms with E-state index in [1.807, 2.05) is 0 Å². The molecule has 1 heterocycles. The minimum Gasteiger partial charge on any atom is -0.374 e. The average Bonchev–Trinajstić information content (AvgIpc) is 2.82. The third-order valence-corrected chi connectivity index (χ3v) is 5.21. The van der Waals surface area contributed by atoms with Gasteiger partial charge in [-0.2, -0.15) is 0 Å². The molecule has 0 spiro atoms. The van der Waals surface area contributed by atoms with E-state index in [4.69, 9.17) is 4.74 Å². The lowest BCUT2D eigenvalue weighted by molar-refractivity contribution is -0.123. The molecule has 0 aromatic carbocycles. The van der Waals surface area contributed by atoms with Crippen LogP contribution in [0.2, 0.25) is 0 Å². The van der Waals surface area contributed by atoms with Crippen LogP contribution in [0.3, 0.4) is 0 Å². The molecule has 5 nitrogen and oxygen atoms in total. The molecule has 24 heavy (non-hydrogen) atoms. The second-order valence-electron chi connectivity index (χ2n) is 8.01. The Hall–Kier alpha value is -0.650. The third kappa shape index (κ3) is 7.08. The van der Waals surface area contributed by atoms with Gasteiger partial charge in [-0.3, -0.25) is 14.6 Å². The third-order valence-electron chi connectivity index (χ3n) is 5.21. The summed E-state index contributed by atoms with van der Waals surface area (Å²) in [6.45, 7) is 9.45. The van der Waals surface area contributed by atoms with Crippen LogP contribution in [0.4, 0.5) is 0 Å². The minimum atomic E-state index is 0.129. The average molecular weight is 340 g/mol. The quantitative estimate of drug-likeness (QED) is 0.722. The highest BCUT2D eigenvalue weighted by Crippen LogP contribution is 2.20. The van der Waals surface area contributed by atoms with E-state index in [-0.39, 0.29) is 12.0 Å². The van der Waals surface area contributed by atoms with Crippen molar-refractivity contribution in [2.24, 2.45) is 5.92 Å². The van der Waals surface area contributed by atoms with Crippen LogP contribution in [0.5, 0.6) is 0 Å². The number of carbonyl (C=O) groups excluding carboxylic acids is 1. The van der Waals surface area contributed by atoms with Gasteiger partial charge in [0.1, 0.15) is 0 Å². The van der Waals surface area contributed by atoms with E-state index >= 15 is 0 Å². The van der Waals surface area contributed by atoms with Crippen LogP contribution in [0.1, 0.15) is 52.4 Å². The molecular formula is C19H37N3O2. The molecule has 2 rings (SSSR count). The van der Waals surface area contributed by atoms with Crippen molar-refractivity contribution < 1.29 is 9.53 Å². The van der Waals surface area contributed by atoms with Gasteiger partial charge in [0.25, 0.3) is 0 Å². The van der Waals surface area contributed by atoms with E-state index in [1.165, 1.54) is 38.5 Å². The predicted octanol–water partition coefficient (Wildman–Crippen LogP) is 2.11. The van der Waals surface area contributed by atoms with Crippen LogP contribution in [0.15, 0.2) is 0 Å². The first-order valence-corrected chi connectivity index (χ1v) is 9.85. The fraction of sp³-hybridized carbons (Fsp3) is 0.947. The molecule has 2 aliphatic rings. The maximum Gasteiger partial charge on any atom is 0.234 e. The molecule has 1 aliphatic heterocycles. The molecule has 2 fully saturated rings. The van der Waals surface area contributed by atoms with Crippen LogP contribution in [0.25, 0.3) is 0 Å². The van der Waals surface area contributed by atoms with Gasteiger partial charge in [-0.05, 0) is 25.8 Å². The Morgan fingerprint density at radius 3 is 2.62 bits per heavy atom. The van der Waals surface area contributed by atoms with Gasteiger partial charge < -0.3 is 10.1 Å². The van der Waals surface area contributed by atoms with Gasteiger partial charge in [-0.1, -0.05) is 39.5 Å². The van der Waals surface area contributed by atoms with Crippen molar-refractivity contribution in [1.82, 2.24) is 15.1 Å². The first-order valence-electron chi connectivity index (χ1n) is 9.85. The maximum atomic E-state index is 12.3. The summed E-state index contributed by atoms with van der Waals surface area (Å²) in [5, 5.41) is 3.08. The molecule has 0 bridgehead atoms. The van der Waals surface area contributed by atoms with Crippen molar-refractivity contribution in [3.8, 4) is 0 Å². The zero-order valence-electron chi connectivity index (χ0n) is 15.9. The first kappa shape index (κ1) is 19.7. The van der Waals surface area contributed by atoms with Crippen molar-refractivity contribution >= 4 is 5.91 Å². The molecule has 0 aromatic rings. The van der Waals surface area contributed by atoms with E-state index in [9.17, 15) is 4.79 Å². The standard InChI is InChI=1S/C19H37N3O2/c1-16(2)13-22-10-11-24-18(14-22)12-20-19(23)15-21(3)17-8-6-4-5-7-9-17/h16-18H,4-15H2,1-3H3,(H,20,23). The number of hydrogen-bond acceptors (Lipinski definition) is 4. The summed E-state index contributed by atoms with van der Waals surface area (Å²) in [4.78, 5) is 17.0. The Balaban J connectivity index is 1.66. The van der Waals surface area contributed by atoms with Gasteiger partial charge in [-0.25, -0.2) is 0 Å². The highest BCUT2D eigenvalue weighted by atomic mass is 16.5. The van der Waals surface area contributed by atoms with Gasteiger partial charge in [0.15, 0.2) is 0 Å². The number of ether oxygens (including phenoxy) is 1. The predicted molar refractivity (Wildman–Crippen MR) is 98.1 cm³/mol. The molecule has 0 radical (unpaired) electrons. The van der Waals surface area contributed by atoms with Crippen molar-refractivity contribution in [2.75, 3.05) is 46.4 Å². The number of nitrogens with zero attached hydrogens (tertiary/aromatic N) is 2. The molecule has 1 saturated carbocycles. The van der Waals surface area contributed by atoms with Gasteiger partial charge in [-0.15, -0.1) is 0 Å². The topological polar surface area (TPSA) is 44.8 Å². The number of morpholine rings is 1. The molecule has 0 aromatic heterocycles. The highest BCUT2D eigenvalue weighted by Gasteiger charge is 2.22. The number of hydrogen-bond donors (Lipinski definition) is 1. The molecule has 1 atom stereocenters. The lowest BCUT2D eigenvalue weighted by Crippen LogP contribution is -2.49. The Bertz CT molecular complexity index is 368. The normalized spacial score (nSPS) is 24.3. The molecule has 1 amide bonds. The lowest BCUT2D eigenvalue weighted by atomic mass is 10.1. The van der Waals surface area contributed by atoms with Crippen molar-refractivity contribution in [2.45, 2.75) is 64.5 Å². The van der Waals surface area contributed by atoms with E-state index in [1.54, 1.807) is 0 Å². The molecule has 140 valence electrons. The Morgan fingerprint density at radius 2 is 1.96 bits per heavy atom. The van der Waals surface area contributed by atoms with Gasteiger partial charge in [0, 0.05) is 32.2 Å². The zero-order valence-corrected chi connectivity index (χ0v) is 15.9. The number of likely N-dealkylation sites (N-methyl/N-ethyl adjacent to an activating group) is 1. The number of rotatable bonds is 7. The van der Waals surface area contributed by atoms with Crippen LogP contribution in [-0.4, -0.2) is 74.2 Å². The van der Waals surface area contributed by atoms with Gasteiger partial charge in [0.2, 0.25) is 5.91 Å². The van der Waals surface area contributed by atoms with Crippen molar-refractivity contribution in [3.63, 3.8) is 0 Å². The number of nitrogens with one attached hydrogen (secondary N) is 1. The van der Waals surface area contributed by atoms with Crippen molar-refractivity contribution in [3.05, 3.63) is 0 Å². The van der Waals surface area contributed by atoms with Crippen molar-refractivity contribution in [1.29, 1.82) is 0 Å².